The fraction of sp³-hybridized carbons (Fsp3) is 1.00. The summed E-state index contributed by atoms with van der Waals surface area (Å²) in [5, 5.41) is 3.62. The Hall–Kier alpha value is -0.120. The highest BCUT2D eigenvalue weighted by Crippen LogP contribution is 2.13. The Morgan fingerprint density at radius 3 is 2.44 bits per heavy atom. The molecule has 1 N–H and O–H groups in total. The number of nitrogens with one attached hydrogen (secondary N) is 1. The van der Waals surface area contributed by atoms with Crippen LogP contribution in [0, 0.1) is 5.41 Å². The predicted octanol–water partition coefficient (Wildman–Crippen LogP) is 1.73. The fourth-order valence-electron chi connectivity index (χ4n) is 2.25. The topological polar surface area (TPSA) is 24.5 Å². The lowest BCUT2D eigenvalue weighted by molar-refractivity contribution is 0.0772. The lowest BCUT2D eigenvalue weighted by Gasteiger charge is -2.28. The minimum Gasteiger partial charge on any atom is -0.381 e. The van der Waals surface area contributed by atoms with Gasteiger partial charge in [-0.1, -0.05) is 20.8 Å². The van der Waals surface area contributed by atoms with E-state index in [9.17, 15) is 0 Å². The first kappa shape index (κ1) is 13.9. The van der Waals surface area contributed by atoms with Crippen LogP contribution in [-0.2, 0) is 4.74 Å². The van der Waals surface area contributed by atoms with Gasteiger partial charge in [-0.05, 0) is 25.3 Å². The Bertz CT molecular complexity index is 183. The van der Waals surface area contributed by atoms with Crippen LogP contribution >= 0.6 is 0 Å². The van der Waals surface area contributed by atoms with E-state index < -0.39 is 0 Å². The van der Waals surface area contributed by atoms with Crippen molar-refractivity contribution in [2.45, 2.75) is 39.7 Å². The first-order chi connectivity index (χ1) is 7.47. The van der Waals surface area contributed by atoms with Crippen molar-refractivity contribution >= 4 is 0 Å². The average molecular weight is 228 g/mol. The van der Waals surface area contributed by atoms with E-state index in [0.29, 0.717) is 11.5 Å². The van der Waals surface area contributed by atoms with E-state index in [0.717, 1.165) is 32.8 Å². The summed E-state index contributed by atoms with van der Waals surface area (Å²) in [5.41, 5.74) is 0.396. The minimum absolute atomic E-state index is 0.396. The van der Waals surface area contributed by atoms with E-state index in [4.69, 9.17) is 4.74 Å². The molecular weight excluding hydrogens is 200 g/mol. The third kappa shape index (κ3) is 6.46. The molecule has 1 aliphatic heterocycles. The van der Waals surface area contributed by atoms with Gasteiger partial charge < -0.3 is 15.0 Å². The van der Waals surface area contributed by atoms with Gasteiger partial charge in [0.2, 0.25) is 0 Å². The Morgan fingerprint density at radius 2 is 1.88 bits per heavy atom. The zero-order chi connectivity index (χ0) is 12.0. The third-order valence-corrected chi connectivity index (χ3v) is 2.89. The molecule has 0 radical (unpaired) electrons. The molecule has 1 heterocycles. The molecule has 3 nitrogen and oxygen atoms in total. The molecule has 1 saturated heterocycles. The molecule has 0 aromatic carbocycles. The molecule has 0 aromatic rings. The van der Waals surface area contributed by atoms with Gasteiger partial charge in [-0.15, -0.1) is 0 Å². The van der Waals surface area contributed by atoms with Crippen LogP contribution in [0.2, 0.25) is 0 Å². The van der Waals surface area contributed by atoms with Crippen LogP contribution in [-0.4, -0.2) is 50.8 Å². The highest BCUT2D eigenvalue weighted by Gasteiger charge is 2.15. The Kier molecular flexibility index (Phi) is 5.73. The number of hydrogen-bond donors (Lipinski definition) is 1. The van der Waals surface area contributed by atoms with E-state index in [2.05, 4.69) is 38.0 Å². The van der Waals surface area contributed by atoms with Crippen molar-refractivity contribution in [2.75, 3.05) is 39.9 Å². The van der Waals surface area contributed by atoms with Gasteiger partial charge >= 0.3 is 0 Å². The second-order valence-corrected chi connectivity index (χ2v) is 6.14. The molecule has 3 heteroatoms. The van der Waals surface area contributed by atoms with E-state index in [1.165, 1.54) is 12.8 Å². The van der Waals surface area contributed by atoms with Gasteiger partial charge in [0.25, 0.3) is 0 Å². The van der Waals surface area contributed by atoms with E-state index >= 15 is 0 Å². The molecule has 0 atom stereocenters. The summed E-state index contributed by atoms with van der Waals surface area (Å²) < 4.78 is 5.34. The van der Waals surface area contributed by atoms with Gasteiger partial charge in [0.15, 0.2) is 0 Å². The Labute approximate surface area is 101 Å². The van der Waals surface area contributed by atoms with Crippen LogP contribution < -0.4 is 5.32 Å². The maximum Gasteiger partial charge on any atom is 0.0480 e. The molecule has 0 aromatic heterocycles. The molecule has 1 rings (SSSR count). The van der Waals surface area contributed by atoms with Crippen molar-refractivity contribution in [2.24, 2.45) is 5.41 Å². The Balaban J connectivity index is 2.05. The summed E-state index contributed by atoms with van der Waals surface area (Å²) in [5.74, 6) is 0. The summed E-state index contributed by atoms with van der Waals surface area (Å²) in [6.45, 7) is 12.1. The standard InChI is InChI=1S/C13H28N2O/c1-13(2,3)11-15(4)8-7-14-12-5-9-16-10-6-12/h12,14H,5-11H2,1-4H3. The molecule has 0 unspecified atom stereocenters. The quantitative estimate of drug-likeness (QED) is 0.775. The van der Waals surface area contributed by atoms with Crippen LogP contribution in [0.15, 0.2) is 0 Å². The lowest BCUT2D eigenvalue weighted by atomic mass is 9.96. The van der Waals surface area contributed by atoms with Gasteiger partial charge in [-0.25, -0.2) is 0 Å². The lowest BCUT2D eigenvalue weighted by Crippen LogP contribution is -2.40. The molecule has 0 amide bonds. The maximum atomic E-state index is 5.34. The molecule has 0 saturated carbocycles. The van der Waals surface area contributed by atoms with Crippen molar-refractivity contribution in [1.29, 1.82) is 0 Å². The predicted molar refractivity (Wildman–Crippen MR) is 68.8 cm³/mol. The SMILES string of the molecule is CN(CCNC1CCOCC1)CC(C)(C)C. The average Bonchev–Trinajstić information content (AvgIpc) is 2.16. The minimum atomic E-state index is 0.396. The monoisotopic (exact) mass is 228 g/mol. The largest absolute Gasteiger partial charge is 0.381 e. The number of nitrogens with zero attached hydrogens (tertiary/aromatic N) is 1. The number of likely N-dealkylation sites (N-methyl/N-ethyl adjacent to an activating group) is 1. The number of ether oxygens (including phenoxy) is 1. The molecule has 0 spiro atoms. The van der Waals surface area contributed by atoms with Crippen molar-refractivity contribution in [1.82, 2.24) is 10.2 Å². The third-order valence-electron chi connectivity index (χ3n) is 2.89. The Morgan fingerprint density at radius 1 is 1.25 bits per heavy atom. The zero-order valence-electron chi connectivity index (χ0n) is 11.4. The van der Waals surface area contributed by atoms with Crippen LogP contribution in [0.5, 0.6) is 0 Å². The molecule has 1 aliphatic rings. The molecule has 0 aliphatic carbocycles. The van der Waals surface area contributed by atoms with Crippen LogP contribution in [0.1, 0.15) is 33.6 Å². The summed E-state index contributed by atoms with van der Waals surface area (Å²) in [4.78, 5) is 2.41. The molecular formula is C13H28N2O. The summed E-state index contributed by atoms with van der Waals surface area (Å²) >= 11 is 0. The molecule has 96 valence electrons. The molecule has 1 fully saturated rings. The highest BCUT2D eigenvalue weighted by atomic mass is 16.5. The van der Waals surface area contributed by atoms with Crippen molar-refractivity contribution in [3.63, 3.8) is 0 Å². The molecule has 0 bridgehead atoms. The van der Waals surface area contributed by atoms with E-state index in [1.54, 1.807) is 0 Å². The number of rotatable bonds is 5. The second kappa shape index (κ2) is 6.58. The smallest absolute Gasteiger partial charge is 0.0480 e. The van der Waals surface area contributed by atoms with E-state index in [-0.39, 0.29) is 0 Å². The first-order valence-electron chi connectivity index (χ1n) is 6.47. The fourth-order valence-corrected chi connectivity index (χ4v) is 2.25. The van der Waals surface area contributed by atoms with Crippen molar-refractivity contribution in [3.8, 4) is 0 Å². The van der Waals surface area contributed by atoms with Crippen LogP contribution in [0.25, 0.3) is 0 Å². The van der Waals surface area contributed by atoms with Gasteiger partial charge in [0, 0.05) is 38.9 Å². The maximum absolute atomic E-state index is 5.34. The van der Waals surface area contributed by atoms with Crippen molar-refractivity contribution < 1.29 is 4.74 Å². The zero-order valence-corrected chi connectivity index (χ0v) is 11.4. The molecule has 16 heavy (non-hydrogen) atoms. The first-order valence-corrected chi connectivity index (χ1v) is 6.47. The summed E-state index contributed by atoms with van der Waals surface area (Å²) in [7, 11) is 2.21. The van der Waals surface area contributed by atoms with Gasteiger partial charge in [-0.2, -0.15) is 0 Å². The van der Waals surface area contributed by atoms with Crippen LogP contribution in [0.3, 0.4) is 0 Å². The normalized spacial score (nSPS) is 19.3. The van der Waals surface area contributed by atoms with Gasteiger partial charge in [-0.3, -0.25) is 0 Å². The summed E-state index contributed by atoms with van der Waals surface area (Å²) in [6.07, 6.45) is 2.34. The highest BCUT2D eigenvalue weighted by molar-refractivity contribution is 4.72. The van der Waals surface area contributed by atoms with Crippen molar-refractivity contribution in [3.05, 3.63) is 0 Å². The van der Waals surface area contributed by atoms with Gasteiger partial charge in [0.1, 0.15) is 0 Å². The number of hydrogen-bond acceptors (Lipinski definition) is 3. The van der Waals surface area contributed by atoms with Gasteiger partial charge in [0.05, 0.1) is 0 Å². The van der Waals surface area contributed by atoms with E-state index in [1.807, 2.05) is 0 Å². The second-order valence-electron chi connectivity index (χ2n) is 6.14. The van der Waals surface area contributed by atoms with Crippen LogP contribution in [0.4, 0.5) is 0 Å². The summed E-state index contributed by atoms with van der Waals surface area (Å²) in [6, 6.07) is 0.678.